The molecule has 0 spiro atoms. The molecule has 2 aromatic rings. The molecule has 0 bridgehead atoms. The van der Waals surface area contributed by atoms with Gasteiger partial charge in [-0.1, -0.05) is 25.1 Å². The number of nitrogens with zero attached hydrogens (tertiary/aromatic N) is 2. The van der Waals surface area contributed by atoms with Gasteiger partial charge in [0.2, 0.25) is 0 Å². The Balaban J connectivity index is 0.00000225. The first-order valence-corrected chi connectivity index (χ1v) is 9.36. The highest BCUT2D eigenvalue weighted by molar-refractivity contribution is 14.0. The molecule has 5 nitrogen and oxygen atoms in total. The van der Waals surface area contributed by atoms with Crippen molar-refractivity contribution < 1.29 is 4.74 Å². The number of rotatable bonds is 6. The Morgan fingerprint density at radius 1 is 1.32 bits per heavy atom. The quantitative estimate of drug-likeness (QED) is 0.385. The summed E-state index contributed by atoms with van der Waals surface area (Å²) in [6, 6.07) is 8.23. The summed E-state index contributed by atoms with van der Waals surface area (Å²) in [6.07, 6.45) is 2.07. The minimum atomic E-state index is 0. The predicted octanol–water partition coefficient (Wildman–Crippen LogP) is 3.38. The maximum atomic E-state index is 5.96. The van der Waals surface area contributed by atoms with E-state index in [1.165, 1.54) is 5.56 Å². The smallest absolute Gasteiger partial charge is 0.191 e. The Labute approximate surface area is 170 Å². The molecule has 0 fully saturated rings. The van der Waals surface area contributed by atoms with Crippen molar-refractivity contribution in [3.05, 3.63) is 45.9 Å². The van der Waals surface area contributed by atoms with E-state index in [4.69, 9.17) is 4.74 Å². The normalized spacial score (nSPS) is 15.9. The van der Waals surface area contributed by atoms with Crippen molar-refractivity contribution in [1.29, 1.82) is 0 Å². The molecule has 2 N–H and O–H groups in total. The average molecular weight is 472 g/mol. The zero-order valence-electron chi connectivity index (χ0n) is 14.6. The molecule has 2 heterocycles. The largest absolute Gasteiger partial charge is 0.488 e. The summed E-state index contributed by atoms with van der Waals surface area (Å²) >= 11 is 1.70. The molecule has 0 saturated heterocycles. The first-order valence-electron chi connectivity index (χ1n) is 8.48. The van der Waals surface area contributed by atoms with Gasteiger partial charge >= 0.3 is 0 Å². The van der Waals surface area contributed by atoms with Crippen LogP contribution in [0.5, 0.6) is 5.75 Å². The van der Waals surface area contributed by atoms with Crippen LogP contribution in [0.2, 0.25) is 0 Å². The molecule has 1 aliphatic rings. The Morgan fingerprint density at radius 3 is 2.88 bits per heavy atom. The van der Waals surface area contributed by atoms with Gasteiger partial charge in [0.15, 0.2) is 5.96 Å². The van der Waals surface area contributed by atoms with Gasteiger partial charge < -0.3 is 15.4 Å². The SMILES string of the molecule is CCNC(=NCc1csc(CC)n1)NCC1Cc2ccccc2O1.I. The lowest BCUT2D eigenvalue weighted by Gasteiger charge is -2.15. The number of ether oxygens (including phenoxy) is 1. The predicted molar refractivity (Wildman–Crippen MR) is 114 cm³/mol. The number of aryl methyl sites for hydroxylation is 1. The third kappa shape index (κ3) is 5.57. The highest BCUT2D eigenvalue weighted by Crippen LogP contribution is 2.27. The van der Waals surface area contributed by atoms with Crippen LogP contribution in [0, 0.1) is 0 Å². The van der Waals surface area contributed by atoms with Crippen LogP contribution in [0.25, 0.3) is 0 Å². The Hall–Kier alpha value is -1.35. The van der Waals surface area contributed by atoms with Crippen molar-refractivity contribution in [2.75, 3.05) is 13.1 Å². The number of thiazole rings is 1. The minimum Gasteiger partial charge on any atom is -0.488 e. The number of aliphatic imine (C=N–C) groups is 1. The van der Waals surface area contributed by atoms with Crippen LogP contribution in [0.3, 0.4) is 0 Å². The molecule has 0 saturated carbocycles. The lowest BCUT2D eigenvalue weighted by molar-refractivity contribution is 0.235. The van der Waals surface area contributed by atoms with Gasteiger partial charge in [0.25, 0.3) is 0 Å². The number of benzene rings is 1. The van der Waals surface area contributed by atoms with E-state index in [1.54, 1.807) is 11.3 Å². The van der Waals surface area contributed by atoms with Crippen molar-refractivity contribution in [2.45, 2.75) is 39.3 Å². The van der Waals surface area contributed by atoms with Crippen molar-refractivity contribution >= 4 is 41.3 Å². The fourth-order valence-electron chi connectivity index (χ4n) is 2.66. The molecule has 7 heteroatoms. The van der Waals surface area contributed by atoms with Crippen LogP contribution in [0.1, 0.15) is 30.1 Å². The van der Waals surface area contributed by atoms with Crippen molar-refractivity contribution in [1.82, 2.24) is 15.6 Å². The Morgan fingerprint density at radius 2 is 2.16 bits per heavy atom. The van der Waals surface area contributed by atoms with Gasteiger partial charge in [-0.2, -0.15) is 0 Å². The number of hydrogen-bond donors (Lipinski definition) is 2. The molecule has 3 rings (SSSR count). The van der Waals surface area contributed by atoms with Crippen molar-refractivity contribution in [3.63, 3.8) is 0 Å². The van der Waals surface area contributed by atoms with E-state index in [9.17, 15) is 0 Å². The number of fused-ring (bicyclic) bond motifs is 1. The molecule has 0 amide bonds. The zero-order valence-corrected chi connectivity index (χ0v) is 17.8. The van der Waals surface area contributed by atoms with Gasteiger partial charge in [-0.3, -0.25) is 0 Å². The fraction of sp³-hybridized carbons (Fsp3) is 0.444. The second-order valence-corrected chi connectivity index (χ2v) is 6.66. The molecule has 0 radical (unpaired) electrons. The van der Waals surface area contributed by atoms with Crippen LogP contribution in [-0.2, 0) is 19.4 Å². The van der Waals surface area contributed by atoms with Crippen molar-refractivity contribution in [2.24, 2.45) is 4.99 Å². The summed E-state index contributed by atoms with van der Waals surface area (Å²) in [5.74, 6) is 1.81. The maximum absolute atomic E-state index is 5.96. The standard InChI is InChI=1S/C18H24N4OS.HI/c1-3-17-22-14(12-24-17)10-20-18(19-4-2)21-11-15-9-13-7-5-6-8-16(13)23-15;/h5-8,12,15H,3-4,9-11H2,1-2H3,(H2,19,20,21);1H. The first-order chi connectivity index (χ1) is 11.8. The second-order valence-electron chi connectivity index (χ2n) is 5.71. The molecule has 1 atom stereocenters. The summed E-state index contributed by atoms with van der Waals surface area (Å²) in [7, 11) is 0. The Kier molecular flexibility index (Phi) is 7.95. The summed E-state index contributed by atoms with van der Waals surface area (Å²) in [5, 5.41) is 9.90. The van der Waals surface area contributed by atoms with Gasteiger partial charge in [0.05, 0.1) is 23.8 Å². The summed E-state index contributed by atoms with van der Waals surface area (Å²) < 4.78 is 5.96. The molecule has 1 aromatic heterocycles. The van der Waals surface area contributed by atoms with E-state index in [1.807, 2.05) is 12.1 Å². The topological polar surface area (TPSA) is 58.5 Å². The monoisotopic (exact) mass is 472 g/mol. The molecule has 25 heavy (non-hydrogen) atoms. The highest BCUT2D eigenvalue weighted by atomic mass is 127. The number of nitrogens with one attached hydrogen (secondary N) is 2. The number of para-hydroxylation sites is 1. The molecule has 1 aliphatic heterocycles. The number of hydrogen-bond acceptors (Lipinski definition) is 4. The molecule has 1 unspecified atom stereocenters. The van der Waals surface area contributed by atoms with Crippen LogP contribution in [0.4, 0.5) is 0 Å². The summed E-state index contributed by atoms with van der Waals surface area (Å²) in [4.78, 5) is 9.18. The van der Waals surface area contributed by atoms with E-state index in [0.29, 0.717) is 6.54 Å². The van der Waals surface area contributed by atoms with Crippen LogP contribution >= 0.6 is 35.3 Å². The van der Waals surface area contributed by atoms with Crippen LogP contribution in [0.15, 0.2) is 34.6 Å². The van der Waals surface area contributed by atoms with Gasteiger partial charge in [-0.05, 0) is 25.0 Å². The molecular formula is C18H25IN4OS. The van der Waals surface area contributed by atoms with Crippen LogP contribution in [-0.4, -0.2) is 30.1 Å². The van der Waals surface area contributed by atoms with E-state index < -0.39 is 0 Å². The minimum absolute atomic E-state index is 0. The molecule has 136 valence electrons. The van der Waals surface area contributed by atoms with Gasteiger partial charge in [-0.15, -0.1) is 35.3 Å². The molecule has 0 aliphatic carbocycles. The summed E-state index contributed by atoms with van der Waals surface area (Å²) in [6.45, 7) is 6.35. The molecular weight excluding hydrogens is 447 g/mol. The van der Waals surface area contributed by atoms with E-state index in [-0.39, 0.29) is 30.1 Å². The lowest BCUT2D eigenvalue weighted by Crippen LogP contribution is -2.42. The first kappa shape index (κ1) is 20.0. The summed E-state index contributed by atoms with van der Waals surface area (Å²) in [5.41, 5.74) is 2.30. The molecule has 1 aromatic carbocycles. The number of halogens is 1. The number of guanidine groups is 1. The van der Waals surface area contributed by atoms with E-state index in [2.05, 4.69) is 52.0 Å². The zero-order chi connectivity index (χ0) is 16.8. The van der Waals surface area contributed by atoms with Crippen molar-refractivity contribution in [3.8, 4) is 5.75 Å². The average Bonchev–Trinajstić information content (AvgIpc) is 3.23. The fourth-order valence-corrected chi connectivity index (χ4v) is 3.40. The maximum Gasteiger partial charge on any atom is 0.191 e. The van der Waals surface area contributed by atoms with E-state index >= 15 is 0 Å². The highest BCUT2D eigenvalue weighted by Gasteiger charge is 2.22. The van der Waals surface area contributed by atoms with Gasteiger partial charge in [-0.25, -0.2) is 9.98 Å². The number of aromatic nitrogens is 1. The second kappa shape index (κ2) is 9.96. The van der Waals surface area contributed by atoms with E-state index in [0.717, 1.165) is 48.3 Å². The van der Waals surface area contributed by atoms with Gasteiger partial charge in [0.1, 0.15) is 11.9 Å². The van der Waals surface area contributed by atoms with Gasteiger partial charge in [0, 0.05) is 18.3 Å². The lowest BCUT2D eigenvalue weighted by atomic mass is 10.1. The third-order valence-corrected chi connectivity index (χ3v) is 4.90. The Bertz CT molecular complexity index is 679. The third-order valence-electron chi connectivity index (χ3n) is 3.86. The van der Waals surface area contributed by atoms with Crippen LogP contribution < -0.4 is 15.4 Å².